The Balaban J connectivity index is 2.04. The van der Waals surface area contributed by atoms with Crippen LogP contribution < -0.4 is 10.2 Å². The number of hydrogen-bond acceptors (Lipinski definition) is 2. The van der Waals surface area contributed by atoms with Gasteiger partial charge in [-0.15, -0.1) is 0 Å². The molecule has 2 nitrogen and oxygen atoms in total. The Hall–Kier alpha value is -1.02. The minimum atomic E-state index is 0.518. The van der Waals surface area contributed by atoms with Crippen LogP contribution in [0.5, 0.6) is 0 Å². The third-order valence-corrected chi connectivity index (χ3v) is 4.21. The molecule has 0 saturated carbocycles. The van der Waals surface area contributed by atoms with Gasteiger partial charge < -0.3 is 10.2 Å². The lowest BCUT2D eigenvalue weighted by Crippen LogP contribution is -2.43. The monoisotopic (exact) mass is 246 g/mol. The fourth-order valence-electron chi connectivity index (χ4n) is 3.25. The van der Waals surface area contributed by atoms with E-state index in [-0.39, 0.29) is 0 Å². The molecule has 18 heavy (non-hydrogen) atoms. The average Bonchev–Trinajstić information content (AvgIpc) is 2.41. The highest BCUT2D eigenvalue weighted by Crippen LogP contribution is 2.35. The lowest BCUT2D eigenvalue weighted by atomic mass is 9.75. The molecule has 1 heterocycles. The molecule has 2 rings (SSSR count). The first-order chi connectivity index (χ1) is 8.76. The van der Waals surface area contributed by atoms with Crippen LogP contribution in [0.3, 0.4) is 0 Å². The van der Waals surface area contributed by atoms with E-state index in [9.17, 15) is 0 Å². The highest BCUT2D eigenvalue weighted by molar-refractivity contribution is 5.45. The highest BCUT2D eigenvalue weighted by atomic mass is 15.1. The van der Waals surface area contributed by atoms with Crippen molar-refractivity contribution in [2.75, 3.05) is 31.6 Å². The molecule has 1 aromatic rings. The number of hydrogen-bond donors (Lipinski definition) is 1. The number of rotatable bonds is 5. The normalized spacial score (nSPS) is 18.6. The third-order valence-electron chi connectivity index (χ3n) is 4.21. The van der Waals surface area contributed by atoms with E-state index in [1.807, 2.05) is 0 Å². The minimum absolute atomic E-state index is 0.518. The van der Waals surface area contributed by atoms with Crippen molar-refractivity contribution < 1.29 is 0 Å². The number of piperidine rings is 1. The molecule has 2 heteroatoms. The molecule has 0 amide bonds. The fourth-order valence-corrected chi connectivity index (χ4v) is 3.25. The van der Waals surface area contributed by atoms with Crippen molar-refractivity contribution in [3.63, 3.8) is 0 Å². The molecule has 0 aliphatic carbocycles. The van der Waals surface area contributed by atoms with Gasteiger partial charge in [0, 0.05) is 19.3 Å². The molecule has 1 fully saturated rings. The highest BCUT2D eigenvalue weighted by Gasteiger charge is 2.32. The van der Waals surface area contributed by atoms with E-state index in [0.29, 0.717) is 5.41 Å². The van der Waals surface area contributed by atoms with E-state index in [1.54, 1.807) is 0 Å². The van der Waals surface area contributed by atoms with Gasteiger partial charge in [-0.05, 0) is 49.9 Å². The van der Waals surface area contributed by atoms with Crippen LogP contribution in [0.2, 0.25) is 0 Å². The molecule has 0 radical (unpaired) electrons. The van der Waals surface area contributed by atoms with Crippen molar-refractivity contribution in [1.29, 1.82) is 0 Å². The number of benzene rings is 1. The molecule has 1 saturated heterocycles. The Labute approximate surface area is 111 Å². The smallest absolute Gasteiger partial charge is 0.0363 e. The molecule has 1 N–H and O–H groups in total. The SMILES string of the molecule is CCCC1(CN(C)c2ccccc2)CCNCC1. The van der Waals surface area contributed by atoms with Gasteiger partial charge >= 0.3 is 0 Å². The second-order valence-electron chi connectivity index (χ2n) is 5.69. The average molecular weight is 246 g/mol. The Kier molecular flexibility index (Phi) is 4.65. The minimum Gasteiger partial charge on any atom is -0.374 e. The number of nitrogens with one attached hydrogen (secondary N) is 1. The van der Waals surface area contributed by atoms with Crippen LogP contribution >= 0.6 is 0 Å². The maximum Gasteiger partial charge on any atom is 0.0363 e. The van der Waals surface area contributed by atoms with Crippen LogP contribution in [0.1, 0.15) is 32.6 Å². The lowest BCUT2D eigenvalue weighted by Gasteiger charge is -2.41. The molecule has 1 aromatic carbocycles. The van der Waals surface area contributed by atoms with Gasteiger partial charge in [0.25, 0.3) is 0 Å². The third kappa shape index (κ3) is 3.26. The zero-order valence-corrected chi connectivity index (χ0v) is 11.8. The summed E-state index contributed by atoms with van der Waals surface area (Å²) in [5, 5.41) is 3.49. The topological polar surface area (TPSA) is 15.3 Å². The maximum absolute atomic E-state index is 3.49. The molecule has 1 aliphatic heterocycles. The predicted molar refractivity (Wildman–Crippen MR) is 79.2 cm³/mol. The summed E-state index contributed by atoms with van der Waals surface area (Å²) in [6, 6.07) is 10.8. The van der Waals surface area contributed by atoms with Crippen LogP contribution in [0, 0.1) is 5.41 Å². The van der Waals surface area contributed by atoms with Gasteiger partial charge in [0.15, 0.2) is 0 Å². The van der Waals surface area contributed by atoms with E-state index in [0.717, 1.165) is 0 Å². The summed E-state index contributed by atoms with van der Waals surface area (Å²) < 4.78 is 0. The summed E-state index contributed by atoms with van der Waals surface area (Å²) in [7, 11) is 2.23. The van der Waals surface area contributed by atoms with Crippen molar-refractivity contribution >= 4 is 5.69 Å². The molecular formula is C16H26N2. The van der Waals surface area contributed by atoms with Crippen LogP contribution in [0.25, 0.3) is 0 Å². The number of para-hydroxylation sites is 1. The van der Waals surface area contributed by atoms with Crippen molar-refractivity contribution in [1.82, 2.24) is 5.32 Å². The van der Waals surface area contributed by atoms with Gasteiger partial charge in [0.2, 0.25) is 0 Å². The van der Waals surface area contributed by atoms with E-state index in [1.165, 1.54) is 51.0 Å². The number of anilines is 1. The van der Waals surface area contributed by atoms with Gasteiger partial charge in [-0.25, -0.2) is 0 Å². The van der Waals surface area contributed by atoms with Gasteiger partial charge in [-0.3, -0.25) is 0 Å². The first-order valence-corrected chi connectivity index (χ1v) is 7.23. The van der Waals surface area contributed by atoms with Crippen LogP contribution in [-0.2, 0) is 0 Å². The van der Waals surface area contributed by atoms with Gasteiger partial charge in [-0.2, -0.15) is 0 Å². The number of nitrogens with zero attached hydrogens (tertiary/aromatic N) is 1. The summed E-state index contributed by atoms with van der Waals surface area (Å²) in [4.78, 5) is 2.43. The molecule has 0 atom stereocenters. The standard InChI is InChI=1S/C16H26N2/c1-3-9-16(10-12-17-13-11-16)14-18(2)15-7-5-4-6-8-15/h4-8,17H,3,9-14H2,1-2H3. The zero-order valence-electron chi connectivity index (χ0n) is 11.8. The summed E-state index contributed by atoms with van der Waals surface area (Å²) in [5.74, 6) is 0. The molecular weight excluding hydrogens is 220 g/mol. The summed E-state index contributed by atoms with van der Waals surface area (Å²) in [5.41, 5.74) is 1.86. The van der Waals surface area contributed by atoms with E-state index >= 15 is 0 Å². The van der Waals surface area contributed by atoms with Crippen LogP contribution in [-0.4, -0.2) is 26.7 Å². The second-order valence-corrected chi connectivity index (χ2v) is 5.69. The van der Waals surface area contributed by atoms with E-state index in [4.69, 9.17) is 0 Å². The van der Waals surface area contributed by atoms with Gasteiger partial charge in [-0.1, -0.05) is 31.5 Å². The molecule has 0 bridgehead atoms. The molecule has 100 valence electrons. The molecule has 1 aliphatic rings. The molecule has 0 spiro atoms. The second kappa shape index (κ2) is 6.24. The lowest BCUT2D eigenvalue weighted by molar-refractivity contribution is 0.190. The summed E-state index contributed by atoms with van der Waals surface area (Å²) in [6.07, 6.45) is 5.28. The molecule has 0 unspecified atom stereocenters. The zero-order chi connectivity index (χ0) is 12.8. The van der Waals surface area contributed by atoms with Crippen molar-refractivity contribution in [2.24, 2.45) is 5.41 Å². The van der Waals surface area contributed by atoms with E-state index < -0.39 is 0 Å². The first kappa shape index (κ1) is 13.4. The van der Waals surface area contributed by atoms with E-state index in [2.05, 4.69) is 54.5 Å². The fraction of sp³-hybridized carbons (Fsp3) is 0.625. The molecule has 0 aromatic heterocycles. The predicted octanol–water partition coefficient (Wildman–Crippen LogP) is 3.29. The van der Waals surface area contributed by atoms with Crippen LogP contribution in [0.15, 0.2) is 30.3 Å². The Morgan fingerprint density at radius 1 is 1.17 bits per heavy atom. The quantitative estimate of drug-likeness (QED) is 0.857. The van der Waals surface area contributed by atoms with Gasteiger partial charge in [0.1, 0.15) is 0 Å². The Bertz CT molecular complexity index is 336. The first-order valence-electron chi connectivity index (χ1n) is 7.23. The summed E-state index contributed by atoms with van der Waals surface area (Å²) in [6.45, 7) is 5.87. The van der Waals surface area contributed by atoms with Crippen molar-refractivity contribution in [2.45, 2.75) is 32.6 Å². The van der Waals surface area contributed by atoms with Crippen molar-refractivity contribution in [3.05, 3.63) is 30.3 Å². The largest absolute Gasteiger partial charge is 0.374 e. The van der Waals surface area contributed by atoms with Crippen molar-refractivity contribution in [3.8, 4) is 0 Å². The van der Waals surface area contributed by atoms with Crippen LogP contribution in [0.4, 0.5) is 5.69 Å². The Morgan fingerprint density at radius 3 is 2.44 bits per heavy atom. The van der Waals surface area contributed by atoms with Gasteiger partial charge in [0.05, 0.1) is 0 Å². The summed E-state index contributed by atoms with van der Waals surface area (Å²) >= 11 is 0. The maximum atomic E-state index is 3.49. The Morgan fingerprint density at radius 2 is 1.83 bits per heavy atom.